The molecule has 0 fully saturated rings. The highest BCUT2D eigenvalue weighted by atomic mass is 35.5. The van der Waals surface area contributed by atoms with Gasteiger partial charge in [-0.15, -0.1) is 0 Å². The number of nitrogens with one attached hydrogen (secondary N) is 1. The smallest absolute Gasteiger partial charge is 0.339 e. The van der Waals surface area contributed by atoms with Gasteiger partial charge in [0, 0.05) is 10.7 Å². The molecule has 0 aliphatic carbocycles. The van der Waals surface area contributed by atoms with Crippen LogP contribution in [0, 0.1) is 5.82 Å². The zero-order valence-electron chi connectivity index (χ0n) is 12.7. The molecular formula is C17H14Cl2FNO3. The summed E-state index contributed by atoms with van der Waals surface area (Å²) >= 11 is 11.7. The van der Waals surface area contributed by atoms with Crippen molar-refractivity contribution in [2.75, 3.05) is 11.9 Å². The first kappa shape index (κ1) is 18.2. The van der Waals surface area contributed by atoms with Crippen molar-refractivity contribution in [2.45, 2.75) is 13.3 Å². The van der Waals surface area contributed by atoms with Crippen LogP contribution in [0.2, 0.25) is 10.0 Å². The Bertz CT molecular complexity index is 780. The van der Waals surface area contributed by atoms with Gasteiger partial charge in [-0.3, -0.25) is 4.79 Å². The first-order valence-electron chi connectivity index (χ1n) is 7.11. The fourth-order valence-electron chi connectivity index (χ4n) is 2.01. The predicted octanol–water partition coefficient (Wildman–Crippen LogP) is 4.49. The largest absolute Gasteiger partial charge is 0.462 e. The minimum atomic E-state index is -0.548. The second-order valence-corrected chi connectivity index (χ2v) is 5.72. The van der Waals surface area contributed by atoms with E-state index in [1.54, 1.807) is 6.92 Å². The summed E-state index contributed by atoms with van der Waals surface area (Å²) < 4.78 is 18.6. The zero-order chi connectivity index (χ0) is 17.7. The van der Waals surface area contributed by atoms with E-state index >= 15 is 0 Å². The fourth-order valence-corrected chi connectivity index (χ4v) is 2.43. The molecule has 0 unspecified atom stereocenters. The number of benzene rings is 2. The van der Waals surface area contributed by atoms with Crippen LogP contribution in [0.25, 0.3) is 0 Å². The third-order valence-corrected chi connectivity index (χ3v) is 3.66. The molecule has 0 saturated heterocycles. The van der Waals surface area contributed by atoms with Crippen molar-refractivity contribution >= 4 is 40.8 Å². The molecule has 0 heterocycles. The van der Waals surface area contributed by atoms with E-state index in [2.05, 4.69) is 5.32 Å². The number of hydrogen-bond acceptors (Lipinski definition) is 3. The molecule has 0 aliphatic heterocycles. The lowest BCUT2D eigenvalue weighted by atomic mass is 10.1. The summed E-state index contributed by atoms with van der Waals surface area (Å²) in [7, 11) is 0. The highest BCUT2D eigenvalue weighted by Gasteiger charge is 2.13. The molecule has 0 aliphatic rings. The van der Waals surface area contributed by atoms with Crippen LogP contribution in [0.1, 0.15) is 22.8 Å². The molecule has 2 aromatic rings. The Kier molecular flexibility index (Phi) is 6.17. The van der Waals surface area contributed by atoms with Gasteiger partial charge in [-0.1, -0.05) is 29.3 Å². The number of ether oxygens (including phenoxy) is 1. The molecule has 0 atom stereocenters. The molecule has 0 saturated carbocycles. The molecule has 4 nitrogen and oxygen atoms in total. The Morgan fingerprint density at radius 3 is 2.54 bits per heavy atom. The summed E-state index contributed by atoms with van der Waals surface area (Å²) in [4.78, 5) is 23.7. The van der Waals surface area contributed by atoms with Crippen LogP contribution >= 0.6 is 23.2 Å². The molecule has 0 spiro atoms. The van der Waals surface area contributed by atoms with Gasteiger partial charge in [0.2, 0.25) is 5.91 Å². The van der Waals surface area contributed by atoms with E-state index in [4.69, 9.17) is 27.9 Å². The quantitative estimate of drug-likeness (QED) is 0.789. The highest BCUT2D eigenvalue weighted by Crippen LogP contribution is 2.22. The Hall–Kier alpha value is -2.11. The van der Waals surface area contributed by atoms with Crippen molar-refractivity contribution in [3.05, 3.63) is 63.4 Å². The van der Waals surface area contributed by atoms with Crippen LogP contribution in [-0.4, -0.2) is 18.5 Å². The molecule has 1 N–H and O–H groups in total. The van der Waals surface area contributed by atoms with Crippen molar-refractivity contribution in [3.8, 4) is 0 Å². The van der Waals surface area contributed by atoms with Crippen molar-refractivity contribution < 1.29 is 18.7 Å². The summed E-state index contributed by atoms with van der Waals surface area (Å²) in [5.41, 5.74) is 0.832. The number of carbonyl (C=O) groups excluding carboxylic acids is 2. The van der Waals surface area contributed by atoms with E-state index in [0.29, 0.717) is 5.69 Å². The van der Waals surface area contributed by atoms with E-state index in [1.807, 2.05) is 0 Å². The minimum Gasteiger partial charge on any atom is -0.462 e. The van der Waals surface area contributed by atoms with Gasteiger partial charge in [-0.2, -0.15) is 0 Å². The number of esters is 1. The van der Waals surface area contributed by atoms with Crippen LogP contribution in [0.4, 0.5) is 10.1 Å². The van der Waals surface area contributed by atoms with E-state index in [9.17, 15) is 14.0 Å². The maximum atomic E-state index is 13.7. The second kappa shape index (κ2) is 8.13. The van der Waals surface area contributed by atoms with Gasteiger partial charge in [0.25, 0.3) is 0 Å². The molecule has 0 aromatic heterocycles. The molecule has 2 rings (SSSR count). The van der Waals surface area contributed by atoms with Crippen molar-refractivity contribution in [1.82, 2.24) is 0 Å². The van der Waals surface area contributed by atoms with Gasteiger partial charge in [0.15, 0.2) is 0 Å². The number of hydrogen-bond donors (Lipinski definition) is 1. The lowest BCUT2D eigenvalue weighted by molar-refractivity contribution is -0.115. The molecule has 7 heteroatoms. The molecule has 0 bridgehead atoms. The van der Waals surface area contributed by atoms with Crippen molar-refractivity contribution in [1.29, 1.82) is 0 Å². The van der Waals surface area contributed by atoms with Crippen LogP contribution in [0.5, 0.6) is 0 Å². The Labute approximate surface area is 148 Å². The zero-order valence-corrected chi connectivity index (χ0v) is 14.2. The molecule has 1 amide bonds. The number of anilines is 1. The Morgan fingerprint density at radius 2 is 1.92 bits per heavy atom. The standard InChI is InChI=1S/C17H14Cl2FNO3/c1-2-24-17(23)13-6-5-12(9-14(13)19)21-16(22)7-10-3-4-11(18)8-15(10)20/h3-6,8-9H,2,7H2,1H3,(H,21,22). The molecule has 126 valence electrons. The van der Waals surface area contributed by atoms with Gasteiger partial charge in [0.1, 0.15) is 5.82 Å². The summed E-state index contributed by atoms with van der Waals surface area (Å²) in [6.07, 6.45) is -0.153. The van der Waals surface area contributed by atoms with E-state index in [-0.39, 0.29) is 34.2 Å². The number of rotatable bonds is 5. The molecular weight excluding hydrogens is 356 g/mol. The molecule has 2 aromatic carbocycles. The third-order valence-electron chi connectivity index (χ3n) is 3.11. The maximum absolute atomic E-state index is 13.7. The maximum Gasteiger partial charge on any atom is 0.339 e. The Balaban J connectivity index is 2.06. The van der Waals surface area contributed by atoms with Crippen molar-refractivity contribution in [3.63, 3.8) is 0 Å². The average molecular weight is 370 g/mol. The first-order valence-corrected chi connectivity index (χ1v) is 7.86. The topological polar surface area (TPSA) is 55.4 Å². The van der Waals surface area contributed by atoms with Crippen molar-refractivity contribution in [2.24, 2.45) is 0 Å². The summed E-state index contributed by atoms with van der Waals surface area (Å²) in [5, 5.41) is 3.01. The van der Waals surface area contributed by atoms with E-state index < -0.39 is 17.7 Å². The summed E-state index contributed by atoms with van der Waals surface area (Å²) in [5.74, 6) is -1.51. The van der Waals surface area contributed by atoms with Gasteiger partial charge in [-0.25, -0.2) is 9.18 Å². The SMILES string of the molecule is CCOC(=O)c1ccc(NC(=O)Cc2ccc(Cl)cc2F)cc1Cl. The van der Waals surface area contributed by atoms with Crippen LogP contribution in [0.15, 0.2) is 36.4 Å². The Morgan fingerprint density at radius 1 is 1.17 bits per heavy atom. The fraction of sp³-hybridized carbons (Fsp3) is 0.176. The minimum absolute atomic E-state index is 0.153. The molecule has 24 heavy (non-hydrogen) atoms. The lowest BCUT2D eigenvalue weighted by Crippen LogP contribution is -2.15. The monoisotopic (exact) mass is 369 g/mol. The lowest BCUT2D eigenvalue weighted by Gasteiger charge is -2.09. The van der Waals surface area contributed by atoms with Gasteiger partial charge >= 0.3 is 5.97 Å². The summed E-state index contributed by atoms with van der Waals surface area (Å²) in [6.45, 7) is 1.93. The van der Waals surface area contributed by atoms with Crippen LogP contribution < -0.4 is 5.32 Å². The summed E-state index contributed by atoms with van der Waals surface area (Å²) in [6, 6.07) is 8.53. The first-order chi connectivity index (χ1) is 11.4. The number of halogens is 3. The van der Waals surface area contributed by atoms with Gasteiger partial charge in [0.05, 0.1) is 23.6 Å². The third kappa shape index (κ3) is 4.69. The average Bonchev–Trinajstić information content (AvgIpc) is 2.50. The molecule has 0 radical (unpaired) electrons. The van der Waals surface area contributed by atoms with E-state index in [1.165, 1.54) is 30.3 Å². The van der Waals surface area contributed by atoms with Gasteiger partial charge in [-0.05, 0) is 42.8 Å². The van der Waals surface area contributed by atoms with Crippen LogP contribution in [0.3, 0.4) is 0 Å². The van der Waals surface area contributed by atoms with Crippen LogP contribution in [-0.2, 0) is 16.0 Å². The predicted molar refractivity (Wildman–Crippen MR) is 91.2 cm³/mol. The normalized spacial score (nSPS) is 10.3. The second-order valence-electron chi connectivity index (χ2n) is 4.88. The number of amides is 1. The number of carbonyl (C=O) groups is 2. The highest BCUT2D eigenvalue weighted by molar-refractivity contribution is 6.34. The van der Waals surface area contributed by atoms with Gasteiger partial charge < -0.3 is 10.1 Å². The van der Waals surface area contributed by atoms with E-state index in [0.717, 1.165) is 6.07 Å².